The van der Waals surface area contributed by atoms with Crippen molar-refractivity contribution >= 4 is 11.8 Å². The Bertz CT molecular complexity index is 619. The highest BCUT2D eigenvalue weighted by molar-refractivity contribution is 5.81. The molecule has 0 aliphatic carbocycles. The van der Waals surface area contributed by atoms with Crippen molar-refractivity contribution in [1.82, 2.24) is 15.5 Å². The average Bonchev–Trinajstić information content (AvgIpc) is 2.59. The summed E-state index contributed by atoms with van der Waals surface area (Å²) in [5.74, 6) is -0.147. The second kappa shape index (κ2) is 9.33. The van der Waals surface area contributed by atoms with Gasteiger partial charge < -0.3 is 15.4 Å². The van der Waals surface area contributed by atoms with Crippen LogP contribution >= 0.6 is 0 Å². The average molecular weight is 376 g/mol. The Kier molecular flexibility index (Phi) is 7.39. The Labute approximate surface area is 162 Å². The molecular weight excluding hydrogens is 342 g/mol. The summed E-state index contributed by atoms with van der Waals surface area (Å²) in [4.78, 5) is 26.1. The number of hydrogen-bond acceptors (Lipinski definition) is 4. The van der Waals surface area contributed by atoms with Crippen molar-refractivity contribution in [3.8, 4) is 0 Å². The molecule has 0 saturated carbocycles. The van der Waals surface area contributed by atoms with Gasteiger partial charge in [-0.2, -0.15) is 0 Å². The molecule has 1 heterocycles. The molecule has 2 rings (SSSR count). The first-order valence-electron chi connectivity index (χ1n) is 9.60. The molecule has 0 aromatic heterocycles. The van der Waals surface area contributed by atoms with Crippen molar-refractivity contribution in [2.45, 2.75) is 44.6 Å². The third kappa shape index (κ3) is 6.96. The number of likely N-dealkylation sites (N-methyl/N-ethyl adjacent to an activating group) is 1. The van der Waals surface area contributed by atoms with Gasteiger partial charge >= 0.3 is 0 Å². The van der Waals surface area contributed by atoms with Crippen LogP contribution in [0.25, 0.3) is 0 Å². The molecule has 27 heavy (non-hydrogen) atoms. The molecule has 150 valence electrons. The van der Waals surface area contributed by atoms with Crippen LogP contribution in [0.5, 0.6) is 0 Å². The zero-order valence-electron chi connectivity index (χ0n) is 17.0. The summed E-state index contributed by atoms with van der Waals surface area (Å²) >= 11 is 0. The monoisotopic (exact) mass is 375 g/mol. The maximum absolute atomic E-state index is 12.4. The van der Waals surface area contributed by atoms with Gasteiger partial charge in [-0.3, -0.25) is 14.5 Å². The van der Waals surface area contributed by atoms with Crippen molar-refractivity contribution in [1.29, 1.82) is 0 Å². The minimum absolute atomic E-state index is 0.0668. The Morgan fingerprint density at radius 3 is 2.26 bits per heavy atom. The van der Waals surface area contributed by atoms with Crippen LogP contribution in [0.1, 0.15) is 39.2 Å². The third-order valence-electron chi connectivity index (χ3n) is 4.80. The van der Waals surface area contributed by atoms with Crippen LogP contribution in [0, 0.1) is 0 Å². The van der Waals surface area contributed by atoms with Gasteiger partial charge in [0.25, 0.3) is 0 Å². The summed E-state index contributed by atoms with van der Waals surface area (Å²) in [6.45, 7) is 8.20. The Morgan fingerprint density at radius 1 is 1.07 bits per heavy atom. The minimum atomic E-state index is -0.273. The molecule has 1 aromatic rings. The number of carbonyl (C=O) groups excluding carboxylic acids is 2. The molecule has 0 bridgehead atoms. The van der Waals surface area contributed by atoms with E-state index in [0.717, 1.165) is 12.8 Å². The highest BCUT2D eigenvalue weighted by Gasteiger charge is 2.34. The molecule has 2 amide bonds. The lowest BCUT2D eigenvalue weighted by atomic mass is 9.74. The van der Waals surface area contributed by atoms with Gasteiger partial charge in [-0.15, -0.1) is 0 Å². The topological polar surface area (TPSA) is 70.7 Å². The van der Waals surface area contributed by atoms with E-state index in [1.54, 1.807) is 11.9 Å². The van der Waals surface area contributed by atoms with E-state index in [4.69, 9.17) is 4.74 Å². The molecule has 1 aliphatic heterocycles. The van der Waals surface area contributed by atoms with E-state index in [9.17, 15) is 9.59 Å². The lowest BCUT2D eigenvalue weighted by Crippen LogP contribution is -2.49. The van der Waals surface area contributed by atoms with Crippen molar-refractivity contribution < 1.29 is 14.3 Å². The maximum Gasteiger partial charge on any atom is 0.234 e. The minimum Gasteiger partial charge on any atom is -0.381 e. The molecule has 6 heteroatoms. The summed E-state index contributed by atoms with van der Waals surface area (Å²) in [5, 5.41) is 5.98. The Hall–Kier alpha value is -1.92. The predicted molar refractivity (Wildman–Crippen MR) is 107 cm³/mol. The highest BCUT2D eigenvalue weighted by atomic mass is 16.5. The van der Waals surface area contributed by atoms with Gasteiger partial charge in [0, 0.05) is 30.7 Å². The van der Waals surface area contributed by atoms with Crippen LogP contribution in [0.4, 0.5) is 0 Å². The molecule has 0 radical (unpaired) electrons. The lowest BCUT2D eigenvalue weighted by Gasteiger charge is -2.38. The fourth-order valence-electron chi connectivity index (χ4n) is 3.45. The first kappa shape index (κ1) is 21.4. The van der Waals surface area contributed by atoms with Gasteiger partial charge in [0.05, 0.1) is 13.1 Å². The second-order valence-electron chi connectivity index (χ2n) is 8.51. The van der Waals surface area contributed by atoms with E-state index in [0.29, 0.717) is 19.8 Å². The molecule has 0 unspecified atom stereocenters. The van der Waals surface area contributed by atoms with E-state index in [1.807, 2.05) is 39.0 Å². The molecule has 1 fully saturated rings. The number of benzene rings is 1. The zero-order valence-corrected chi connectivity index (χ0v) is 17.0. The number of amides is 2. The summed E-state index contributed by atoms with van der Waals surface area (Å²) in [6, 6.07) is 10.3. The van der Waals surface area contributed by atoms with Crippen molar-refractivity contribution in [2.75, 3.05) is 39.9 Å². The van der Waals surface area contributed by atoms with Gasteiger partial charge in [-0.25, -0.2) is 0 Å². The molecule has 1 aliphatic rings. The molecule has 0 spiro atoms. The van der Waals surface area contributed by atoms with Crippen LogP contribution in [-0.4, -0.2) is 62.1 Å². The summed E-state index contributed by atoms with van der Waals surface area (Å²) in [6.07, 6.45) is 1.78. The number of ether oxygens (including phenoxy) is 1. The van der Waals surface area contributed by atoms with Crippen LogP contribution in [0.3, 0.4) is 0 Å². The third-order valence-corrected chi connectivity index (χ3v) is 4.80. The molecule has 1 aromatic carbocycles. The van der Waals surface area contributed by atoms with Crippen molar-refractivity contribution in [2.24, 2.45) is 0 Å². The Morgan fingerprint density at radius 2 is 1.67 bits per heavy atom. The number of nitrogens with zero attached hydrogens (tertiary/aromatic N) is 1. The number of nitrogens with one attached hydrogen (secondary N) is 2. The van der Waals surface area contributed by atoms with E-state index >= 15 is 0 Å². The predicted octanol–water partition coefficient (Wildman–Crippen LogP) is 1.70. The van der Waals surface area contributed by atoms with Gasteiger partial charge in [0.1, 0.15) is 0 Å². The van der Waals surface area contributed by atoms with E-state index in [-0.39, 0.29) is 35.9 Å². The smallest absolute Gasteiger partial charge is 0.234 e. The first-order valence-corrected chi connectivity index (χ1v) is 9.60. The van der Waals surface area contributed by atoms with Gasteiger partial charge in [0.15, 0.2) is 0 Å². The van der Waals surface area contributed by atoms with E-state index < -0.39 is 0 Å². The molecule has 2 N–H and O–H groups in total. The molecule has 6 nitrogen and oxygen atoms in total. The van der Waals surface area contributed by atoms with Crippen LogP contribution in [0.15, 0.2) is 30.3 Å². The van der Waals surface area contributed by atoms with E-state index in [2.05, 4.69) is 22.8 Å². The van der Waals surface area contributed by atoms with Gasteiger partial charge in [-0.05, 0) is 46.2 Å². The van der Waals surface area contributed by atoms with Gasteiger partial charge in [-0.1, -0.05) is 30.3 Å². The van der Waals surface area contributed by atoms with Crippen LogP contribution in [-0.2, 0) is 19.7 Å². The first-order chi connectivity index (χ1) is 12.7. The standard InChI is InChI=1S/C21H33N3O3/c1-20(2,3)23-19(26)15-24(4)14-18(25)22-16-21(10-12-27-13-11-21)17-8-6-5-7-9-17/h5-9H,10-16H2,1-4H3,(H,22,25)(H,23,26). The highest BCUT2D eigenvalue weighted by Crippen LogP contribution is 2.34. The quantitative estimate of drug-likeness (QED) is 0.761. The second-order valence-corrected chi connectivity index (χ2v) is 8.51. The molecule has 0 atom stereocenters. The van der Waals surface area contributed by atoms with E-state index in [1.165, 1.54) is 5.56 Å². The summed E-state index contributed by atoms with van der Waals surface area (Å²) in [7, 11) is 1.78. The largest absolute Gasteiger partial charge is 0.381 e. The van der Waals surface area contributed by atoms with Crippen LogP contribution < -0.4 is 10.6 Å². The van der Waals surface area contributed by atoms with Crippen molar-refractivity contribution in [3.05, 3.63) is 35.9 Å². The lowest BCUT2D eigenvalue weighted by molar-refractivity contribution is -0.125. The van der Waals surface area contributed by atoms with Crippen LogP contribution in [0.2, 0.25) is 0 Å². The zero-order chi connectivity index (χ0) is 19.9. The molecule has 1 saturated heterocycles. The normalized spacial score (nSPS) is 16.8. The Balaban J connectivity index is 1.88. The fraction of sp³-hybridized carbons (Fsp3) is 0.619. The van der Waals surface area contributed by atoms with Gasteiger partial charge in [0.2, 0.25) is 11.8 Å². The summed E-state index contributed by atoms with van der Waals surface area (Å²) < 4.78 is 5.54. The number of carbonyl (C=O) groups is 2. The summed E-state index contributed by atoms with van der Waals surface area (Å²) in [5.41, 5.74) is 0.884. The fourth-order valence-corrected chi connectivity index (χ4v) is 3.45. The maximum atomic E-state index is 12.4. The SMILES string of the molecule is CN(CC(=O)NCC1(c2ccccc2)CCOCC1)CC(=O)NC(C)(C)C. The molecular formula is C21H33N3O3. The number of hydrogen-bond donors (Lipinski definition) is 2. The van der Waals surface area contributed by atoms with Crippen molar-refractivity contribution in [3.63, 3.8) is 0 Å². The number of rotatable bonds is 7.